The summed E-state index contributed by atoms with van der Waals surface area (Å²) in [5.41, 5.74) is 0.973. The largest absolute Gasteiger partial charge is 0.395 e. The van der Waals surface area contributed by atoms with E-state index in [2.05, 4.69) is 12.2 Å². The second-order valence-corrected chi connectivity index (χ2v) is 7.28. The maximum atomic E-state index is 12.7. The van der Waals surface area contributed by atoms with Crippen molar-refractivity contribution in [1.29, 1.82) is 0 Å². The molecule has 0 amide bonds. The Morgan fingerprint density at radius 2 is 2.14 bits per heavy atom. The summed E-state index contributed by atoms with van der Waals surface area (Å²) in [7, 11) is -1.65. The van der Waals surface area contributed by atoms with Gasteiger partial charge in [-0.1, -0.05) is 19.1 Å². The lowest BCUT2D eigenvalue weighted by Gasteiger charge is -2.22. The molecule has 0 radical (unpaired) electrons. The lowest BCUT2D eigenvalue weighted by Crippen LogP contribution is -2.35. The molecule has 1 aromatic rings. The van der Waals surface area contributed by atoms with Crippen LogP contribution in [0, 0.1) is 0 Å². The molecule has 0 bridgehead atoms. The van der Waals surface area contributed by atoms with Gasteiger partial charge in [-0.15, -0.1) is 0 Å². The van der Waals surface area contributed by atoms with Gasteiger partial charge in [-0.25, -0.2) is 8.42 Å². The third-order valence-electron chi connectivity index (χ3n) is 3.90. The SMILES string of the molecule is CCC(NC)c1cccc(S(=O)(=O)N(CCO)C2CC2)c1. The van der Waals surface area contributed by atoms with Crippen LogP contribution in [0.25, 0.3) is 0 Å². The molecule has 5 nitrogen and oxygen atoms in total. The van der Waals surface area contributed by atoms with Crippen molar-refractivity contribution in [1.82, 2.24) is 9.62 Å². The van der Waals surface area contributed by atoms with Gasteiger partial charge in [0.2, 0.25) is 10.0 Å². The first kappa shape index (κ1) is 16.4. The Morgan fingerprint density at radius 1 is 1.43 bits per heavy atom. The third-order valence-corrected chi connectivity index (χ3v) is 5.85. The fourth-order valence-electron chi connectivity index (χ4n) is 2.59. The van der Waals surface area contributed by atoms with E-state index in [9.17, 15) is 8.42 Å². The molecule has 0 spiro atoms. The maximum Gasteiger partial charge on any atom is 0.243 e. The molecule has 0 heterocycles. The van der Waals surface area contributed by atoms with Crippen LogP contribution in [0.5, 0.6) is 0 Å². The summed E-state index contributed by atoms with van der Waals surface area (Å²) in [6.45, 7) is 2.08. The molecule has 0 aromatic heterocycles. The minimum absolute atomic E-state index is 0.0529. The number of hydrogen-bond donors (Lipinski definition) is 2. The van der Waals surface area contributed by atoms with E-state index >= 15 is 0 Å². The second-order valence-electron chi connectivity index (χ2n) is 5.39. The topological polar surface area (TPSA) is 69.6 Å². The summed E-state index contributed by atoms with van der Waals surface area (Å²) < 4.78 is 26.9. The van der Waals surface area contributed by atoms with E-state index in [0.717, 1.165) is 24.8 Å². The molecule has 21 heavy (non-hydrogen) atoms. The molecule has 6 heteroatoms. The Bertz CT molecular complexity index is 566. The first-order chi connectivity index (χ1) is 10.0. The highest BCUT2D eigenvalue weighted by molar-refractivity contribution is 7.89. The van der Waals surface area contributed by atoms with Gasteiger partial charge in [-0.2, -0.15) is 4.31 Å². The Hall–Kier alpha value is -0.950. The number of hydrogen-bond acceptors (Lipinski definition) is 4. The van der Waals surface area contributed by atoms with Gasteiger partial charge in [0.15, 0.2) is 0 Å². The van der Waals surface area contributed by atoms with E-state index in [0.29, 0.717) is 4.90 Å². The Balaban J connectivity index is 2.33. The molecule has 1 aliphatic carbocycles. The van der Waals surface area contributed by atoms with Crippen molar-refractivity contribution in [3.05, 3.63) is 29.8 Å². The summed E-state index contributed by atoms with van der Waals surface area (Å²) in [6, 6.07) is 7.30. The summed E-state index contributed by atoms with van der Waals surface area (Å²) in [5, 5.41) is 12.3. The van der Waals surface area contributed by atoms with E-state index in [4.69, 9.17) is 5.11 Å². The quantitative estimate of drug-likeness (QED) is 0.763. The summed E-state index contributed by atoms with van der Waals surface area (Å²) in [4.78, 5) is 0.314. The predicted molar refractivity (Wildman–Crippen MR) is 82.5 cm³/mol. The molecule has 0 aliphatic heterocycles. The smallest absolute Gasteiger partial charge is 0.243 e. The van der Waals surface area contributed by atoms with Crippen LogP contribution in [0.1, 0.15) is 37.8 Å². The number of nitrogens with one attached hydrogen (secondary N) is 1. The molecule has 1 saturated carbocycles. The molecular formula is C15H24N2O3S. The second kappa shape index (κ2) is 6.87. The summed E-state index contributed by atoms with van der Waals surface area (Å²) in [6.07, 6.45) is 2.66. The normalized spacial score (nSPS) is 17.1. The van der Waals surface area contributed by atoms with Gasteiger partial charge in [0.1, 0.15) is 0 Å². The van der Waals surface area contributed by atoms with Crippen molar-refractivity contribution in [3.8, 4) is 0 Å². The zero-order valence-electron chi connectivity index (χ0n) is 12.6. The van der Waals surface area contributed by atoms with E-state index in [1.54, 1.807) is 18.2 Å². The Labute approximate surface area is 127 Å². The van der Waals surface area contributed by atoms with Crippen molar-refractivity contribution in [2.45, 2.75) is 43.2 Å². The van der Waals surface area contributed by atoms with Crippen LogP contribution in [0.4, 0.5) is 0 Å². The first-order valence-corrected chi connectivity index (χ1v) is 8.88. The predicted octanol–water partition coefficient (Wildman–Crippen LogP) is 1.50. The van der Waals surface area contributed by atoms with Crippen LogP contribution in [-0.4, -0.2) is 44.1 Å². The monoisotopic (exact) mass is 312 g/mol. The van der Waals surface area contributed by atoms with Crippen molar-refractivity contribution >= 4 is 10.0 Å². The number of rotatable bonds is 8. The lowest BCUT2D eigenvalue weighted by atomic mass is 10.1. The van der Waals surface area contributed by atoms with Gasteiger partial charge in [0, 0.05) is 18.6 Å². The van der Waals surface area contributed by atoms with E-state index in [1.807, 2.05) is 13.1 Å². The summed E-state index contributed by atoms with van der Waals surface area (Å²) >= 11 is 0. The number of nitrogens with zero attached hydrogens (tertiary/aromatic N) is 1. The van der Waals surface area contributed by atoms with E-state index in [1.165, 1.54) is 4.31 Å². The highest BCUT2D eigenvalue weighted by Gasteiger charge is 2.37. The summed E-state index contributed by atoms with van der Waals surface area (Å²) in [5.74, 6) is 0. The third kappa shape index (κ3) is 3.63. The number of sulfonamides is 1. The van der Waals surface area contributed by atoms with E-state index in [-0.39, 0.29) is 25.2 Å². The van der Waals surface area contributed by atoms with Crippen molar-refractivity contribution in [2.75, 3.05) is 20.2 Å². The zero-order chi connectivity index (χ0) is 15.5. The number of aliphatic hydroxyl groups excluding tert-OH is 1. The van der Waals surface area contributed by atoms with Crippen LogP contribution >= 0.6 is 0 Å². The molecule has 2 N–H and O–H groups in total. The van der Waals surface area contributed by atoms with Crippen molar-refractivity contribution in [2.24, 2.45) is 0 Å². The average molecular weight is 312 g/mol. The van der Waals surface area contributed by atoms with Crippen LogP contribution in [0.3, 0.4) is 0 Å². The molecule has 118 valence electrons. The fourth-order valence-corrected chi connectivity index (χ4v) is 4.33. The number of aliphatic hydroxyl groups is 1. The Morgan fingerprint density at radius 3 is 2.67 bits per heavy atom. The van der Waals surface area contributed by atoms with Gasteiger partial charge in [-0.05, 0) is 44.0 Å². The molecule has 0 saturated heterocycles. The minimum Gasteiger partial charge on any atom is -0.395 e. The molecule has 1 fully saturated rings. The fraction of sp³-hybridized carbons (Fsp3) is 0.600. The van der Waals surface area contributed by atoms with Crippen LogP contribution in [0.15, 0.2) is 29.2 Å². The minimum atomic E-state index is -3.53. The number of benzene rings is 1. The van der Waals surface area contributed by atoms with Crippen molar-refractivity contribution in [3.63, 3.8) is 0 Å². The zero-order valence-corrected chi connectivity index (χ0v) is 13.4. The highest BCUT2D eigenvalue weighted by Crippen LogP contribution is 2.32. The van der Waals surface area contributed by atoms with Crippen molar-refractivity contribution < 1.29 is 13.5 Å². The molecular weight excluding hydrogens is 288 g/mol. The average Bonchev–Trinajstić information content (AvgIpc) is 3.31. The van der Waals surface area contributed by atoms with Gasteiger partial charge >= 0.3 is 0 Å². The van der Waals surface area contributed by atoms with Gasteiger partial charge in [-0.3, -0.25) is 0 Å². The van der Waals surface area contributed by atoms with Gasteiger partial charge < -0.3 is 10.4 Å². The van der Waals surface area contributed by atoms with Gasteiger partial charge in [0.25, 0.3) is 0 Å². The molecule has 1 aliphatic rings. The van der Waals surface area contributed by atoms with Crippen LogP contribution in [0.2, 0.25) is 0 Å². The Kier molecular flexibility index (Phi) is 5.37. The first-order valence-electron chi connectivity index (χ1n) is 7.44. The molecule has 2 rings (SSSR count). The molecule has 1 aromatic carbocycles. The van der Waals surface area contributed by atoms with Crippen LogP contribution < -0.4 is 5.32 Å². The highest BCUT2D eigenvalue weighted by atomic mass is 32.2. The standard InChI is InChI=1S/C15H24N2O3S/c1-3-15(16-2)12-5-4-6-14(11-12)21(19,20)17(9-10-18)13-7-8-13/h4-6,11,13,15-16,18H,3,7-10H2,1-2H3. The maximum absolute atomic E-state index is 12.7. The van der Waals surface area contributed by atoms with Crippen LogP contribution in [-0.2, 0) is 10.0 Å². The molecule has 1 atom stereocenters. The molecule has 1 unspecified atom stereocenters. The van der Waals surface area contributed by atoms with E-state index < -0.39 is 10.0 Å². The van der Waals surface area contributed by atoms with Gasteiger partial charge in [0.05, 0.1) is 11.5 Å². The lowest BCUT2D eigenvalue weighted by molar-refractivity contribution is 0.250.